The molecule has 1 aromatic carbocycles. The number of carbonyl (C=O) groups excluding carboxylic acids is 1. The summed E-state index contributed by atoms with van der Waals surface area (Å²) in [6, 6.07) is 3.56. The highest BCUT2D eigenvalue weighted by Gasteiger charge is 2.19. The summed E-state index contributed by atoms with van der Waals surface area (Å²) >= 11 is 3.24. The molecule has 102 valence electrons. The predicted molar refractivity (Wildman–Crippen MR) is 74.4 cm³/mol. The van der Waals surface area contributed by atoms with Crippen LogP contribution in [0.4, 0.5) is 14.9 Å². The molecule has 0 saturated heterocycles. The molecule has 3 N–H and O–H groups in total. The molecular weight excluding hydrogens is 315 g/mol. The summed E-state index contributed by atoms with van der Waals surface area (Å²) in [5, 5.41) is 14.3. The number of carbonyl (C=O) groups is 1. The van der Waals surface area contributed by atoms with Crippen LogP contribution in [0.2, 0.25) is 0 Å². The van der Waals surface area contributed by atoms with E-state index in [1.54, 1.807) is 0 Å². The van der Waals surface area contributed by atoms with Crippen molar-refractivity contribution in [2.45, 2.75) is 12.5 Å². The van der Waals surface area contributed by atoms with Crippen molar-refractivity contribution in [2.75, 3.05) is 11.9 Å². The van der Waals surface area contributed by atoms with E-state index in [1.165, 1.54) is 18.2 Å². The van der Waals surface area contributed by atoms with Gasteiger partial charge in [-0.2, -0.15) is 0 Å². The fourth-order valence-corrected chi connectivity index (χ4v) is 2.28. The van der Waals surface area contributed by atoms with E-state index in [0.717, 1.165) is 0 Å². The average Bonchev–Trinajstić information content (AvgIpc) is 2.81. The molecule has 4 nitrogen and oxygen atoms in total. The van der Waals surface area contributed by atoms with Crippen molar-refractivity contribution in [3.8, 4) is 0 Å². The van der Waals surface area contributed by atoms with Crippen LogP contribution in [0.5, 0.6) is 0 Å². The Labute approximate surface area is 118 Å². The quantitative estimate of drug-likeness (QED) is 0.747. The molecule has 0 bridgehead atoms. The van der Waals surface area contributed by atoms with Crippen LogP contribution in [0, 0.1) is 11.7 Å². The zero-order chi connectivity index (χ0) is 13.8. The number of rotatable bonds is 3. The highest BCUT2D eigenvalue weighted by molar-refractivity contribution is 9.10. The van der Waals surface area contributed by atoms with Crippen LogP contribution in [0.1, 0.15) is 6.42 Å². The third-order valence-corrected chi connectivity index (χ3v) is 3.59. The van der Waals surface area contributed by atoms with Gasteiger partial charge in [-0.25, -0.2) is 9.18 Å². The van der Waals surface area contributed by atoms with Gasteiger partial charge >= 0.3 is 6.03 Å². The molecule has 1 aromatic rings. The molecule has 1 aliphatic rings. The van der Waals surface area contributed by atoms with E-state index < -0.39 is 11.8 Å². The molecule has 2 atom stereocenters. The zero-order valence-corrected chi connectivity index (χ0v) is 11.7. The normalized spacial score (nSPS) is 21.4. The zero-order valence-electron chi connectivity index (χ0n) is 10.1. The lowest BCUT2D eigenvalue weighted by atomic mass is 10.1. The van der Waals surface area contributed by atoms with Gasteiger partial charge in [-0.15, -0.1) is 0 Å². The minimum Gasteiger partial charge on any atom is -0.396 e. The fraction of sp³-hybridized carbons (Fsp3) is 0.308. The lowest BCUT2D eigenvalue weighted by molar-refractivity contribution is 0.238. The highest BCUT2D eigenvalue weighted by atomic mass is 79.9. The van der Waals surface area contributed by atoms with E-state index in [2.05, 4.69) is 26.6 Å². The molecule has 0 aliphatic heterocycles. The molecule has 0 aromatic heterocycles. The predicted octanol–water partition coefficient (Wildman–Crippen LogP) is 2.65. The molecule has 2 amide bonds. The van der Waals surface area contributed by atoms with Crippen molar-refractivity contribution in [1.82, 2.24) is 5.32 Å². The second kappa shape index (κ2) is 6.16. The van der Waals surface area contributed by atoms with Crippen molar-refractivity contribution in [3.05, 3.63) is 40.6 Å². The number of urea groups is 1. The monoisotopic (exact) mass is 328 g/mol. The maximum atomic E-state index is 13.1. The first-order valence-corrected chi connectivity index (χ1v) is 6.69. The van der Waals surface area contributed by atoms with Gasteiger partial charge in [0.2, 0.25) is 0 Å². The summed E-state index contributed by atoms with van der Waals surface area (Å²) in [7, 11) is 0. The summed E-state index contributed by atoms with van der Waals surface area (Å²) in [5.41, 5.74) is 0.373. The van der Waals surface area contributed by atoms with Gasteiger partial charge in [0, 0.05) is 23.0 Å². The molecule has 19 heavy (non-hydrogen) atoms. The molecular formula is C13H14BrFN2O2. The van der Waals surface area contributed by atoms with Gasteiger partial charge in [0.15, 0.2) is 0 Å². The number of benzene rings is 1. The Hall–Kier alpha value is -1.40. The maximum Gasteiger partial charge on any atom is 0.319 e. The largest absolute Gasteiger partial charge is 0.396 e. The maximum absolute atomic E-state index is 13.1. The topological polar surface area (TPSA) is 61.4 Å². The van der Waals surface area contributed by atoms with Gasteiger partial charge in [-0.3, -0.25) is 0 Å². The van der Waals surface area contributed by atoms with Crippen LogP contribution in [0.3, 0.4) is 0 Å². The highest BCUT2D eigenvalue weighted by Crippen LogP contribution is 2.23. The lowest BCUT2D eigenvalue weighted by Gasteiger charge is -2.14. The summed E-state index contributed by atoms with van der Waals surface area (Å²) in [6.07, 6.45) is 4.40. The average molecular weight is 329 g/mol. The molecule has 6 heteroatoms. The third kappa shape index (κ3) is 3.78. The molecule has 0 spiro atoms. The van der Waals surface area contributed by atoms with Crippen LogP contribution in [0.25, 0.3) is 0 Å². The smallest absolute Gasteiger partial charge is 0.319 e. The van der Waals surface area contributed by atoms with Crippen LogP contribution in [-0.4, -0.2) is 23.8 Å². The number of nitrogens with one attached hydrogen (secondary N) is 2. The number of aliphatic hydroxyl groups is 1. The van der Waals surface area contributed by atoms with Crippen molar-refractivity contribution in [3.63, 3.8) is 0 Å². The van der Waals surface area contributed by atoms with Gasteiger partial charge in [-0.05, 0) is 40.5 Å². The number of aliphatic hydroxyl groups excluding tert-OH is 1. The first-order chi connectivity index (χ1) is 9.08. The number of hydrogen-bond donors (Lipinski definition) is 3. The minimum absolute atomic E-state index is 0.0751. The van der Waals surface area contributed by atoms with Crippen molar-refractivity contribution >= 4 is 27.6 Å². The van der Waals surface area contributed by atoms with E-state index in [0.29, 0.717) is 16.6 Å². The Bertz CT molecular complexity index is 507. The Morgan fingerprint density at radius 2 is 2.26 bits per heavy atom. The summed E-state index contributed by atoms with van der Waals surface area (Å²) in [6.45, 7) is 0.0751. The molecule has 2 rings (SSSR count). The number of anilines is 1. The van der Waals surface area contributed by atoms with Gasteiger partial charge in [0.1, 0.15) is 5.82 Å². The lowest BCUT2D eigenvalue weighted by Crippen LogP contribution is -2.36. The van der Waals surface area contributed by atoms with Gasteiger partial charge in [0.05, 0.1) is 5.69 Å². The van der Waals surface area contributed by atoms with Crippen molar-refractivity contribution in [2.24, 2.45) is 5.92 Å². The first-order valence-electron chi connectivity index (χ1n) is 5.90. The van der Waals surface area contributed by atoms with Gasteiger partial charge < -0.3 is 15.7 Å². The Morgan fingerprint density at radius 3 is 2.95 bits per heavy atom. The molecule has 0 saturated carbocycles. The van der Waals surface area contributed by atoms with Crippen LogP contribution < -0.4 is 10.6 Å². The molecule has 0 unspecified atom stereocenters. The SMILES string of the molecule is O=C(Nc1cc(F)ccc1Br)N[C@@H]1C=C[C@H](CO)C1. The van der Waals surface area contributed by atoms with E-state index in [4.69, 9.17) is 5.11 Å². The number of hydrogen-bond acceptors (Lipinski definition) is 2. The molecule has 0 heterocycles. The second-order valence-corrected chi connectivity index (χ2v) is 5.25. The molecule has 0 fully saturated rings. The van der Waals surface area contributed by atoms with E-state index in [-0.39, 0.29) is 18.6 Å². The summed E-state index contributed by atoms with van der Waals surface area (Å²) in [4.78, 5) is 11.8. The first kappa shape index (κ1) is 14.0. The van der Waals surface area contributed by atoms with E-state index in [9.17, 15) is 9.18 Å². The standard InChI is InChI=1S/C13H14BrFN2O2/c14-11-4-2-9(15)6-12(11)17-13(19)16-10-3-1-8(5-10)7-18/h1-4,6,8,10,18H,5,7H2,(H2,16,17,19)/t8-,10+/m0/s1. The van der Waals surface area contributed by atoms with Gasteiger partial charge in [-0.1, -0.05) is 12.2 Å². The van der Waals surface area contributed by atoms with Crippen molar-refractivity contribution in [1.29, 1.82) is 0 Å². The molecule has 1 aliphatic carbocycles. The van der Waals surface area contributed by atoms with Crippen molar-refractivity contribution < 1.29 is 14.3 Å². The Kier molecular flexibility index (Phi) is 4.55. The minimum atomic E-state index is -0.417. The summed E-state index contributed by atoms with van der Waals surface area (Å²) in [5.74, 6) is -0.328. The Balaban J connectivity index is 1.91. The fourth-order valence-electron chi connectivity index (χ4n) is 1.94. The van der Waals surface area contributed by atoms with Crippen LogP contribution >= 0.6 is 15.9 Å². The van der Waals surface area contributed by atoms with Crippen LogP contribution in [0.15, 0.2) is 34.8 Å². The van der Waals surface area contributed by atoms with E-state index >= 15 is 0 Å². The van der Waals surface area contributed by atoms with Gasteiger partial charge in [0.25, 0.3) is 0 Å². The number of amides is 2. The second-order valence-electron chi connectivity index (χ2n) is 4.39. The Morgan fingerprint density at radius 1 is 1.47 bits per heavy atom. The number of halogens is 2. The molecule has 0 radical (unpaired) electrons. The third-order valence-electron chi connectivity index (χ3n) is 2.90. The summed E-state index contributed by atoms with van der Waals surface area (Å²) < 4.78 is 13.7. The van der Waals surface area contributed by atoms with Crippen LogP contribution in [-0.2, 0) is 0 Å². The van der Waals surface area contributed by atoms with E-state index in [1.807, 2.05) is 12.2 Å².